The van der Waals surface area contributed by atoms with Gasteiger partial charge >= 0.3 is 0 Å². The molecule has 0 fully saturated rings. The molecule has 0 bridgehead atoms. The van der Waals surface area contributed by atoms with E-state index >= 15 is 0 Å². The first-order valence-corrected chi connectivity index (χ1v) is 7.65. The summed E-state index contributed by atoms with van der Waals surface area (Å²) in [5, 5.41) is 7.65. The third-order valence-electron chi connectivity index (χ3n) is 2.56. The monoisotopic (exact) mass is 340 g/mol. The van der Waals surface area contributed by atoms with Gasteiger partial charge in [-0.3, -0.25) is 0 Å². The molecule has 0 spiro atoms. The predicted molar refractivity (Wildman–Crippen MR) is 86.5 cm³/mol. The minimum Gasteiger partial charge on any atom is -0.389 e. The molecule has 5 heteroatoms. The molecule has 0 amide bonds. The summed E-state index contributed by atoms with van der Waals surface area (Å²) in [5.74, 6) is 0. The lowest BCUT2D eigenvalue weighted by Crippen LogP contribution is -2.10. The van der Waals surface area contributed by atoms with E-state index in [2.05, 4.69) is 38.1 Å². The Hall–Kier alpha value is -0.910. The minimum absolute atomic E-state index is 0.409. The molecule has 0 atom stereocenters. The van der Waals surface area contributed by atoms with Crippen LogP contribution < -0.4 is 11.1 Å². The molecule has 0 aliphatic heterocycles. The third kappa shape index (κ3) is 3.54. The van der Waals surface area contributed by atoms with E-state index in [1.165, 1.54) is 5.56 Å². The Kier molecular flexibility index (Phi) is 4.74. The third-order valence-corrected chi connectivity index (χ3v) is 4.17. The number of thiocarbonyl (C=S) groups is 1. The molecule has 3 N–H and O–H groups in total. The standard InChI is InChI=1S/C13H13BrN2S2/c14-12-7-10(1-2-11(12)13(15)17)16-5-3-9-4-6-18-8-9/h1-2,4,6-8,16H,3,5H2,(H2,15,17). The van der Waals surface area contributed by atoms with Gasteiger partial charge in [0.05, 0.1) is 0 Å². The quantitative estimate of drug-likeness (QED) is 0.813. The average molecular weight is 341 g/mol. The van der Waals surface area contributed by atoms with Crippen LogP contribution in [0.3, 0.4) is 0 Å². The Labute approximate surface area is 124 Å². The predicted octanol–water partition coefficient (Wildman–Crippen LogP) is 3.80. The molecular formula is C13H13BrN2S2. The number of thiophene rings is 1. The molecule has 18 heavy (non-hydrogen) atoms. The minimum atomic E-state index is 0.409. The first kappa shape index (κ1) is 13.5. The zero-order valence-electron chi connectivity index (χ0n) is 9.65. The van der Waals surface area contributed by atoms with Gasteiger partial charge in [0.25, 0.3) is 0 Å². The topological polar surface area (TPSA) is 38.0 Å². The van der Waals surface area contributed by atoms with Crippen LogP contribution in [-0.4, -0.2) is 11.5 Å². The molecule has 2 nitrogen and oxygen atoms in total. The van der Waals surface area contributed by atoms with Crippen molar-refractivity contribution in [2.45, 2.75) is 6.42 Å². The van der Waals surface area contributed by atoms with Gasteiger partial charge < -0.3 is 11.1 Å². The van der Waals surface area contributed by atoms with Crippen LogP contribution in [0.5, 0.6) is 0 Å². The lowest BCUT2D eigenvalue weighted by atomic mass is 10.2. The maximum absolute atomic E-state index is 5.61. The SMILES string of the molecule is NC(=S)c1ccc(NCCc2ccsc2)cc1Br. The maximum Gasteiger partial charge on any atom is 0.105 e. The Balaban J connectivity index is 1.94. The fraction of sp³-hybridized carbons (Fsp3) is 0.154. The summed E-state index contributed by atoms with van der Waals surface area (Å²) in [5.41, 5.74) is 8.91. The van der Waals surface area contributed by atoms with Crippen molar-refractivity contribution < 1.29 is 0 Å². The first-order chi connectivity index (χ1) is 8.66. The maximum atomic E-state index is 5.61. The van der Waals surface area contributed by atoms with Gasteiger partial charge in [-0.1, -0.05) is 12.2 Å². The fourth-order valence-electron chi connectivity index (χ4n) is 1.61. The number of anilines is 1. The van der Waals surface area contributed by atoms with E-state index in [9.17, 15) is 0 Å². The highest BCUT2D eigenvalue weighted by Gasteiger charge is 2.03. The average Bonchev–Trinajstić information content (AvgIpc) is 2.81. The smallest absolute Gasteiger partial charge is 0.105 e. The second kappa shape index (κ2) is 6.31. The van der Waals surface area contributed by atoms with E-state index in [0.717, 1.165) is 28.7 Å². The Morgan fingerprint density at radius 3 is 2.83 bits per heavy atom. The molecule has 2 rings (SSSR count). The van der Waals surface area contributed by atoms with Crippen LogP contribution in [0, 0.1) is 0 Å². The summed E-state index contributed by atoms with van der Waals surface area (Å²) < 4.78 is 0.926. The van der Waals surface area contributed by atoms with Crippen LogP contribution >= 0.6 is 39.5 Å². The van der Waals surface area contributed by atoms with Crippen molar-refractivity contribution in [1.29, 1.82) is 0 Å². The second-order valence-electron chi connectivity index (χ2n) is 3.87. The molecule has 94 valence electrons. The number of hydrogen-bond acceptors (Lipinski definition) is 3. The van der Waals surface area contributed by atoms with Gasteiger partial charge in [0.1, 0.15) is 4.99 Å². The van der Waals surface area contributed by atoms with Crippen LogP contribution in [0.4, 0.5) is 5.69 Å². The van der Waals surface area contributed by atoms with E-state index < -0.39 is 0 Å². The Bertz CT molecular complexity index is 538. The van der Waals surface area contributed by atoms with Crippen molar-refractivity contribution in [2.75, 3.05) is 11.9 Å². The molecule has 2 aromatic rings. The van der Waals surface area contributed by atoms with Gasteiger partial charge in [-0.15, -0.1) is 0 Å². The second-order valence-corrected chi connectivity index (χ2v) is 5.94. The summed E-state index contributed by atoms with van der Waals surface area (Å²) >= 11 is 10.2. The van der Waals surface area contributed by atoms with Crippen molar-refractivity contribution in [1.82, 2.24) is 0 Å². The van der Waals surface area contributed by atoms with E-state index in [0.29, 0.717) is 4.99 Å². The van der Waals surface area contributed by atoms with E-state index in [4.69, 9.17) is 18.0 Å². The zero-order valence-corrected chi connectivity index (χ0v) is 12.9. The lowest BCUT2D eigenvalue weighted by molar-refractivity contribution is 1.03. The van der Waals surface area contributed by atoms with Crippen molar-refractivity contribution in [2.24, 2.45) is 5.73 Å². The number of hydrogen-bond donors (Lipinski definition) is 2. The van der Waals surface area contributed by atoms with Gasteiger partial charge in [0.15, 0.2) is 0 Å². The van der Waals surface area contributed by atoms with Gasteiger partial charge in [-0.05, 0) is 62.9 Å². The number of nitrogens with one attached hydrogen (secondary N) is 1. The highest BCUT2D eigenvalue weighted by molar-refractivity contribution is 9.10. The highest BCUT2D eigenvalue weighted by Crippen LogP contribution is 2.21. The van der Waals surface area contributed by atoms with Gasteiger partial charge in [0.2, 0.25) is 0 Å². The number of halogens is 1. The fourth-order valence-corrected chi connectivity index (χ4v) is 3.22. The lowest BCUT2D eigenvalue weighted by Gasteiger charge is -2.08. The Morgan fingerprint density at radius 2 is 2.22 bits per heavy atom. The first-order valence-electron chi connectivity index (χ1n) is 5.51. The molecule has 0 unspecified atom stereocenters. The molecule has 1 heterocycles. The number of benzene rings is 1. The summed E-state index contributed by atoms with van der Waals surface area (Å²) in [7, 11) is 0. The number of nitrogens with two attached hydrogens (primary N) is 1. The van der Waals surface area contributed by atoms with Crippen LogP contribution in [-0.2, 0) is 6.42 Å². The van der Waals surface area contributed by atoms with E-state index in [1.54, 1.807) is 11.3 Å². The van der Waals surface area contributed by atoms with Gasteiger partial charge in [-0.25, -0.2) is 0 Å². The molecule has 0 radical (unpaired) electrons. The Morgan fingerprint density at radius 1 is 1.39 bits per heavy atom. The van der Waals surface area contributed by atoms with E-state index in [-0.39, 0.29) is 0 Å². The normalized spacial score (nSPS) is 10.3. The van der Waals surface area contributed by atoms with Crippen molar-refractivity contribution in [3.63, 3.8) is 0 Å². The molecular weight excluding hydrogens is 328 g/mol. The van der Waals surface area contributed by atoms with Gasteiger partial charge in [-0.2, -0.15) is 11.3 Å². The highest BCUT2D eigenvalue weighted by atomic mass is 79.9. The van der Waals surface area contributed by atoms with Crippen LogP contribution in [0.25, 0.3) is 0 Å². The molecule has 0 aliphatic carbocycles. The summed E-state index contributed by atoms with van der Waals surface area (Å²) in [6, 6.07) is 8.08. The molecule has 0 saturated heterocycles. The van der Waals surface area contributed by atoms with Crippen LogP contribution in [0.2, 0.25) is 0 Å². The van der Waals surface area contributed by atoms with Crippen LogP contribution in [0.1, 0.15) is 11.1 Å². The van der Waals surface area contributed by atoms with Crippen molar-refractivity contribution in [3.8, 4) is 0 Å². The number of rotatable bonds is 5. The molecule has 0 saturated carbocycles. The molecule has 1 aromatic heterocycles. The van der Waals surface area contributed by atoms with E-state index in [1.807, 2.05) is 18.2 Å². The summed E-state index contributed by atoms with van der Waals surface area (Å²) in [4.78, 5) is 0.409. The van der Waals surface area contributed by atoms with Gasteiger partial charge in [0, 0.05) is 22.3 Å². The van der Waals surface area contributed by atoms with Crippen molar-refractivity contribution >= 4 is 50.2 Å². The largest absolute Gasteiger partial charge is 0.389 e. The summed E-state index contributed by atoms with van der Waals surface area (Å²) in [6.45, 7) is 0.912. The summed E-state index contributed by atoms with van der Waals surface area (Å²) in [6.07, 6.45) is 1.03. The molecule has 0 aliphatic rings. The molecule has 1 aromatic carbocycles. The van der Waals surface area contributed by atoms with Crippen LogP contribution in [0.15, 0.2) is 39.5 Å². The zero-order chi connectivity index (χ0) is 13.0. The van der Waals surface area contributed by atoms with Crippen molar-refractivity contribution in [3.05, 3.63) is 50.6 Å².